The van der Waals surface area contributed by atoms with Gasteiger partial charge in [-0.25, -0.2) is 8.42 Å². The van der Waals surface area contributed by atoms with Crippen LogP contribution in [0.15, 0.2) is 47.4 Å². The average Bonchev–Trinajstić information content (AvgIpc) is 2.70. The Kier molecular flexibility index (Phi) is 6.51. The van der Waals surface area contributed by atoms with Crippen molar-refractivity contribution in [3.63, 3.8) is 0 Å². The number of ether oxygens (including phenoxy) is 1. The van der Waals surface area contributed by atoms with Crippen LogP contribution in [0.3, 0.4) is 0 Å². The standard InChI is InChI=1S/C20H25N3O5S/c1-16-5-3-4-6-19(16)28-14-13-21-9-11-22(12-10-21)29(26,27)20-15-18(23(24)25)8-7-17(20)2/h3-8,15H,9-14H2,1-2H3. The highest BCUT2D eigenvalue weighted by molar-refractivity contribution is 7.89. The van der Waals surface area contributed by atoms with Crippen LogP contribution in [0.2, 0.25) is 0 Å². The maximum absolute atomic E-state index is 13.0. The molecule has 3 rings (SSSR count). The van der Waals surface area contributed by atoms with Gasteiger partial charge in [0.1, 0.15) is 12.4 Å². The van der Waals surface area contributed by atoms with Crippen molar-refractivity contribution in [1.82, 2.24) is 9.21 Å². The molecule has 0 spiro atoms. The maximum Gasteiger partial charge on any atom is 0.270 e. The van der Waals surface area contributed by atoms with E-state index in [-0.39, 0.29) is 10.6 Å². The lowest BCUT2D eigenvalue weighted by molar-refractivity contribution is -0.385. The number of sulfonamides is 1. The Hall–Kier alpha value is -2.49. The summed E-state index contributed by atoms with van der Waals surface area (Å²) in [4.78, 5) is 12.6. The Morgan fingerprint density at radius 2 is 1.72 bits per heavy atom. The molecule has 2 aromatic carbocycles. The normalized spacial score (nSPS) is 15.9. The maximum atomic E-state index is 13.0. The summed E-state index contributed by atoms with van der Waals surface area (Å²) in [5.41, 5.74) is 1.36. The smallest absolute Gasteiger partial charge is 0.270 e. The first-order valence-corrected chi connectivity index (χ1v) is 10.9. The highest BCUT2D eigenvalue weighted by Crippen LogP contribution is 2.25. The van der Waals surface area contributed by atoms with Crippen LogP contribution < -0.4 is 4.74 Å². The number of hydrogen-bond acceptors (Lipinski definition) is 6. The van der Waals surface area contributed by atoms with Crippen molar-refractivity contribution >= 4 is 15.7 Å². The number of rotatable bonds is 7. The van der Waals surface area contributed by atoms with E-state index in [1.807, 2.05) is 31.2 Å². The second-order valence-electron chi connectivity index (χ2n) is 7.07. The fourth-order valence-electron chi connectivity index (χ4n) is 3.32. The van der Waals surface area contributed by atoms with E-state index < -0.39 is 14.9 Å². The second-order valence-corrected chi connectivity index (χ2v) is 8.97. The first-order valence-electron chi connectivity index (χ1n) is 9.45. The van der Waals surface area contributed by atoms with E-state index in [2.05, 4.69) is 4.90 Å². The monoisotopic (exact) mass is 419 g/mol. The molecule has 1 heterocycles. The number of nitro benzene ring substituents is 1. The molecular formula is C20H25N3O5S. The molecule has 0 bridgehead atoms. The van der Waals surface area contributed by atoms with Crippen LogP contribution in [0.1, 0.15) is 11.1 Å². The van der Waals surface area contributed by atoms with Gasteiger partial charge in [0, 0.05) is 44.9 Å². The Balaban J connectivity index is 1.58. The Bertz CT molecular complexity index is 985. The van der Waals surface area contributed by atoms with Crippen molar-refractivity contribution < 1.29 is 18.1 Å². The Morgan fingerprint density at radius 1 is 1.03 bits per heavy atom. The molecule has 156 valence electrons. The van der Waals surface area contributed by atoms with Crippen LogP contribution in [0, 0.1) is 24.0 Å². The predicted molar refractivity (Wildman–Crippen MR) is 110 cm³/mol. The lowest BCUT2D eigenvalue weighted by Crippen LogP contribution is -2.49. The zero-order valence-corrected chi connectivity index (χ0v) is 17.4. The van der Waals surface area contributed by atoms with Gasteiger partial charge in [-0.1, -0.05) is 24.3 Å². The van der Waals surface area contributed by atoms with Gasteiger partial charge in [0.15, 0.2) is 0 Å². The molecule has 0 N–H and O–H groups in total. The van der Waals surface area contributed by atoms with Crippen LogP contribution in [-0.4, -0.2) is 61.9 Å². The number of hydrogen-bond donors (Lipinski definition) is 0. The third-order valence-electron chi connectivity index (χ3n) is 5.09. The summed E-state index contributed by atoms with van der Waals surface area (Å²) in [5.74, 6) is 0.856. The molecule has 2 aromatic rings. The zero-order valence-electron chi connectivity index (χ0n) is 16.6. The highest BCUT2D eigenvalue weighted by Gasteiger charge is 2.30. The number of benzene rings is 2. The molecule has 1 fully saturated rings. The first kappa shape index (κ1) is 21.2. The number of para-hydroxylation sites is 1. The van der Waals surface area contributed by atoms with Crippen molar-refractivity contribution in [3.05, 3.63) is 63.7 Å². The van der Waals surface area contributed by atoms with Crippen LogP contribution in [0.25, 0.3) is 0 Å². The van der Waals surface area contributed by atoms with Crippen molar-refractivity contribution in [2.75, 3.05) is 39.3 Å². The summed E-state index contributed by atoms with van der Waals surface area (Å²) < 4.78 is 33.2. The van der Waals surface area contributed by atoms with Gasteiger partial charge in [-0.15, -0.1) is 0 Å². The minimum absolute atomic E-state index is 0.00281. The van der Waals surface area contributed by atoms with E-state index in [4.69, 9.17) is 4.74 Å². The van der Waals surface area contributed by atoms with Crippen molar-refractivity contribution in [3.8, 4) is 5.75 Å². The molecule has 29 heavy (non-hydrogen) atoms. The van der Waals surface area contributed by atoms with E-state index in [9.17, 15) is 18.5 Å². The number of non-ortho nitro benzene ring substituents is 1. The van der Waals surface area contributed by atoms with Crippen molar-refractivity contribution in [1.29, 1.82) is 0 Å². The zero-order chi connectivity index (χ0) is 21.0. The number of piperazine rings is 1. The van der Waals surface area contributed by atoms with Crippen LogP contribution in [0.5, 0.6) is 5.75 Å². The van der Waals surface area contributed by atoms with Crippen LogP contribution in [0.4, 0.5) is 5.69 Å². The third kappa shape index (κ3) is 4.92. The van der Waals surface area contributed by atoms with Gasteiger partial charge in [-0.2, -0.15) is 4.31 Å². The van der Waals surface area contributed by atoms with Gasteiger partial charge in [0.2, 0.25) is 10.0 Å². The molecule has 0 radical (unpaired) electrons. The Morgan fingerprint density at radius 3 is 2.38 bits per heavy atom. The summed E-state index contributed by atoms with van der Waals surface area (Å²) in [6.45, 7) is 6.74. The van der Waals surface area contributed by atoms with E-state index >= 15 is 0 Å². The summed E-state index contributed by atoms with van der Waals surface area (Å²) >= 11 is 0. The van der Waals surface area contributed by atoms with Gasteiger partial charge in [-0.05, 0) is 31.0 Å². The lowest BCUT2D eigenvalue weighted by atomic mass is 10.2. The molecule has 0 aliphatic carbocycles. The van der Waals surface area contributed by atoms with Crippen molar-refractivity contribution in [2.24, 2.45) is 0 Å². The SMILES string of the molecule is Cc1ccccc1OCCN1CCN(S(=O)(=O)c2cc([N+](=O)[O-])ccc2C)CC1. The largest absolute Gasteiger partial charge is 0.492 e. The van der Waals surface area contributed by atoms with Gasteiger partial charge in [0.05, 0.1) is 9.82 Å². The summed E-state index contributed by atoms with van der Waals surface area (Å²) in [6, 6.07) is 11.8. The molecule has 0 aromatic heterocycles. The first-order chi connectivity index (χ1) is 13.8. The molecule has 0 atom stereocenters. The minimum atomic E-state index is -3.77. The van der Waals surface area contributed by atoms with Gasteiger partial charge >= 0.3 is 0 Å². The van der Waals surface area contributed by atoms with E-state index in [0.29, 0.717) is 44.9 Å². The average molecular weight is 420 g/mol. The molecule has 0 amide bonds. The molecule has 1 aliphatic heterocycles. The van der Waals surface area contributed by atoms with Gasteiger partial charge in [-0.3, -0.25) is 15.0 Å². The quantitative estimate of drug-likeness (QED) is 0.506. The lowest BCUT2D eigenvalue weighted by Gasteiger charge is -2.34. The van der Waals surface area contributed by atoms with E-state index in [1.54, 1.807) is 6.92 Å². The number of nitro groups is 1. The molecule has 8 nitrogen and oxygen atoms in total. The summed E-state index contributed by atoms with van der Waals surface area (Å²) in [7, 11) is -3.77. The molecule has 9 heteroatoms. The predicted octanol–water partition coefficient (Wildman–Crippen LogP) is 2.60. The minimum Gasteiger partial charge on any atom is -0.492 e. The molecule has 0 saturated carbocycles. The molecule has 1 saturated heterocycles. The topological polar surface area (TPSA) is 93.0 Å². The van der Waals surface area contributed by atoms with E-state index in [0.717, 1.165) is 17.4 Å². The summed E-state index contributed by atoms with van der Waals surface area (Å²) in [6.07, 6.45) is 0. The van der Waals surface area contributed by atoms with Gasteiger partial charge < -0.3 is 4.74 Å². The molecule has 0 unspecified atom stereocenters. The highest BCUT2D eigenvalue weighted by atomic mass is 32.2. The molecule has 1 aliphatic rings. The number of nitrogens with zero attached hydrogens (tertiary/aromatic N) is 3. The fourth-order valence-corrected chi connectivity index (χ4v) is 4.98. The van der Waals surface area contributed by atoms with Gasteiger partial charge in [0.25, 0.3) is 5.69 Å². The van der Waals surface area contributed by atoms with E-state index in [1.165, 1.54) is 16.4 Å². The Labute approximate surface area is 170 Å². The third-order valence-corrected chi connectivity index (χ3v) is 7.13. The van der Waals surface area contributed by atoms with Crippen molar-refractivity contribution in [2.45, 2.75) is 18.7 Å². The van der Waals surface area contributed by atoms with Crippen LogP contribution >= 0.6 is 0 Å². The fraction of sp³-hybridized carbons (Fsp3) is 0.400. The molecular weight excluding hydrogens is 394 g/mol. The van der Waals surface area contributed by atoms with Crippen LogP contribution in [-0.2, 0) is 10.0 Å². The second kappa shape index (κ2) is 8.89. The number of aryl methyl sites for hydroxylation is 2. The summed E-state index contributed by atoms with van der Waals surface area (Å²) in [5, 5.41) is 11.0.